The summed E-state index contributed by atoms with van der Waals surface area (Å²) in [6, 6.07) is 7.61. The van der Waals surface area contributed by atoms with Crippen LogP contribution in [-0.4, -0.2) is 37.6 Å². The van der Waals surface area contributed by atoms with Crippen LogP contribution in [0.5, 0.6) is 5.75 Å². The number of oxime groups is 1. The van der Waals surface area contributed by atoms with Gasteiger partial charge >= 0.3 is 5.69 Å². The molecule has 9 heteroatoms. The molecule has 4 rings (SSSR count). The number of aryl methyl sites for hydroxylation is 1. The quantitative estimate of drug-likeness (QED) is 0.673. The van der Waals surface area contributed by atoms with Crippen molar-refractivity contribution in [3.05, 3.63) is 57.0 Å². The van der Waals surface area contributed by atoms with Gasteiger partial charge in [-0.25, -0.2) is 9.78 Å². The smallest absolute Gasteiger partial charge is 0.332 e. The van der Waals surface area contributed by atoms with E-state index in [-0.39, 0.29) is 11.7 Å². The summed E-state index contributed by atoms with van der Waals surface area (Å²) < 4.78 is 9.32. The first kappa shape index (κ1) is 17.1. The number of hydrogen-bond acceptors (Lipinski definition) is 6. The van der Waals surface area contributed by atoms with Gasteiger partial charge in [-0.05, 0) is 29.8 Å². The van der Waals surface area contributed by atoms with E-state index in [1.165, 1.54) is 11.6 Å². The van der Waals surface area contributed by atoms with Crippen LogP contribution in [0.2, 0.25) is 0 Å². The number of hydrogen-bond donors (Lipinski definition) is 0. The highest BCUT2D eigenvalue weighted by atomic mass is 16.6. The SMILES string of the molecule is COc1ccc(C2=NO[C@H](Cn3cnc4c3c(=O)n(C)c(=O)n4C)C2)cc1. The van der Waals surface area contributed by atoms with Crippen molar-refractivity contribution in [2.45, 2.75) is 19.1 Å². The third-order valence-electron chi connectivity index (χ3n) is 4.77. The second kappa shape index (κ2) is 6.42. The van der Waals surface area contributed by atoms with E-state index < -0.39 is 5.69 Å². The van der Waals surface area contributed by atoms with Crippen LogP contribution in [0.25, 0.3) is 11.2 Å². The number of fused-ring (bicyclic) bond motifs is 1. The number of rotatable bonds is 4. The molecule has 0 radical (unpaired) electrons. The van der Waals surface area contributed by atoms with E-state index in [4.69, 9.17) is 9.57 Å². The number of ether oxygens (including phenoxy) is 1. The Labute approximate surface area is 154 Å². The number of nitrogens with zero attached hydrogens (tertiary/aromatic N) is 5. The minimum Gasteiger partial charge on any atom is -0.497 e. The maximum Gasteiger partial charge on any atom is 0.332 e. The molecule has 0 N–H and O–H groups in total. The minimum absolute atomic E-state index is 0.221. The topological polar surface area (TPSA) is 92.6 Å². The fourth-order valence-electron chi connectivity index (χ4n) is 3.23. The largest absolute Gasteiger partial charge is 0.497 e. The Balaban J connectivity index is 1.58. The normalized spacial score (nSPS) is 16.4. The van der Waals surface area contributed by atoms with Crippen LogP contribution in [-0.2, 0) is 25.5 Å². The molecule has 9 nitrogen and oxygen atoms in total. The van der Waals surface area contributed by atoms with Gasteiger partial charge in [-0.3, -0.25) is 13.9 Å². The van der Waals surface area contributed by atoms with E-state index in [0.29, 0.717) is 24.1 Å². The first-order valence-corrected chi connectivity index (χ1v) is 8.47. The Bertz CT molecular complexity index is 1150. The van der Waals surface area contributed by atoms with Crippen molar-refractivity contribution in [1.29, 1.82) is 0 Å². The molecule has 0 amide bonds. The van der Waals surface area contributed by atoms with Crippen LogP contribution in [0.1, 0.15) is 12.0 Å². The molecule has 1 aliphatic rings. The van der Waals surface area contributed by atoms with Crippen molar-refractivity contribution in [1.82, 2.24) is 18.7 Å². The molecule has 0 saturated carbocycles. The van der Waals surface area contributed by atoms with Gasteiger partial charge in [0.25, 0.3) is 5.56 Å². The van der Waals surface area contributed by atoms with Crippen LogP contribution in [0, 0.1) is 0 Å². The van der Waals surface area contributed by atoms with Gasteiger partial charge in [0.05, 0.1) is 25.7 Å². The van der Waals surface area contributed by atoms with Gasteiger partial charge in [0, 0.05) is 20.5 Å². The standard InChI is InChI=1S/C18H19N5O4/c1-21-16-15(17(24)22(2)18(21)25)23(10-19-16)9-13-8-14(20-27-13)11-4-6-12(26-3)7-5-11/h4-7,10,13H,8-9H2,1-3H3/t13-/m0/s1. The van der Waals surface area contributed by atoms with E-state index in [1.54, 1.807) is 25.1 Å². The molecule has 0 saturated heterocycles. The van der Waals surface area contributed by atoms with Crippen molar-refractivity contribution < 1.29 is 9.57 Å². The molecule has 140 valence electrons. The van der Waals surface area contributed by atoms with Crippen molar-refractivity contribution >= 4 is 16.9 Å². The van der Waals surface area contributed by atoms with Gasteiger partial charge in [0.1, 0.15) is 5.75 Å². The Morgan fingerprint density at radius 2 is 1.93 bits per heavy atom. The molecule has 3 aromatic rings. The lowest BCUT2D eigenvalue weighted by Crippen LogP contribution is -2.37. The molecule has 1 aliphatic heterocycles. The third-order valence-corrected chi connectivity index (χ3v) is 4.77. The molecule has 2 aromatic heterocycles. The summed E-state index contributed by atoms with van der Waals surface area (Å²) in [5.41, 5.74) is 1.76. The van der Waals surface area contributed by atoms with E-state index in [2.05, 4.69) is 10.1 Å². The summed E-state index contributed by atoms with van der Waals surface area (Å²) in [7, 11) is 4.67. The van der Waals surface area contributed by atoms with Gasteiger partial charge in [0.15, 0.2) is 17.3 Å². The monoisotopic (exact) mass is 369 g/mol. The molecule has 0 unspecified atom stereocenters. The second-order valence-electron chi connectivity index (χ2n) is 6.47. The maximum atomic E-state index is 12.5. The predicted molar refractivity (Wildman–Crippen MR) is 99.2 cm³/mol. The van der Waals surface area contributed by atoms with Crippen LogP contribution in [0.4, 0.5) is 0 Å². The molecular formula is C18H19N5O4. The lowest BCUT2D eigenvalue weighted by molar-refractivity contribution is 0.0733. The molecule has 0 spiro atoms. The second-order valence-corrected chi connectivity index (χ2v) is 6.47. The summed E-state index contributed by atoms with van der Waals surface area (Å²) >= 11 is 0. The zero-order valence-corrected chi connectivity index (χ0v) is 15.2. The maximum absolute atomic E-state index is 12.5. The lowest BCUT2D eigenvalue weighted by Gasteiger charge is -2.10. The summed E-state index contributed by atoms with van der Waals surface area (Å²) in [5, 5.41) is 4.18. The number of aromatic nitrogens is 4. The van der Waals surface area contributed by atoms with Crippen LogP contribution < -0.4 is 16.0 Å². The molecule has 27 heavy (non-hydrogen) atoms. The van der Waals surface area contributed by atoms with Gasteiger partial charge in [-0.2, -0.15) is 0 Å². The average Bonchev–Trinajstić information content (AvgIpc) is 3.32. The average molecular weight is 369 g/mol. The lowest BCUT2D eigenvalue weighted by atomic mass is 10.0. The van der Waals surface area contributed by atoms with Gasteiger partial charge < -0.3 is 14.1 Å². The van der Waals surface area contributed by atoms with Crippen LogP contribution in [0.3, 0.4) is 0 Å². The molecule has 0 aliphatic carbocycles. The highest BCUT2D eigenvalue weighted by Crippen LogP contribution is 2.21. The van der Waals surface area contributed by atoms with E-state index in [9.17, 15) is 9.59 Å². The summed E-state index contributed by atoms with van der Waals surface area (Å²) in [4.78, 5) is 34.3. The fourth-order valence-corrected chi connectivity index (χ4v) is 3.23. The Hall–Kier alpha value is -3.36. The molecular weight excluding hydrogens is 350 g/mol. The fraction of sp³-hybridized carbons (Fsp3) is 0.333. The number of benzene rings is 1. The Kier molecular flexibility index (Phi) is 4.06. The van der Waals surface area contributed by atoms with E-state index >= 15 is 0 Å². The number of methoxy groups -OCH3 is 1. The zero-order chi connectivity index (χ0) is 19.1. The van der Waals surface area contributed by atoms with Crippen molar-refractivity contribution in [2.75, 3.05) is 7.11 Å². The van der Waals surface area contributed by atoms with Gasteiger partial charge in [-0.15, -0.1) is 0 Å². The van der Waals surface area contributed by atoms with Crippen molar-refractivity contribution in [3.63, 3.8) is 0 Å². The van der Waals surface area contributed by atoms with E-state index in [1.807, 2.05) is 24.3 Å². The van der Waals surface area contributed by atoms with Crippen LogP contribution in [0.15, 0.2) is 45.3 Å². The van der Waals surface area contributed by atoms with Crippen molar-refractivity contribution in [3.8, 4) is 5.75 Å². The van der Waals surface area contributed by atoms with E-state index in [0.717, 1.165) is 21.6 Å². The third kappa shape index (κ3) is 2.80. The predicted octanol–water partition coefficient (Wildman–Crippen LogP) is 0.635. The molecule has 3 heterocycles. The van der Waals surface area contributed by atoms with Crippen molar-refractivity contribution in [2.24, 2.45) is 19.3 Å². The van der Waals surface area contributed by atoms with Crippen LogP contribution >= 0.6 is 0 Å². The first-order chi connectivity index (χ1) is 13.0. The summed E-state index contributed by atoms with van der Waals surface area (Å²) in [6.45, 7) is 0.410. The summed E-state index contributed by atoms with van der Waals surface area (Å²) in [6.07, 6.45) is 1.94. The molecule has 0 bridgehead atoms. The Morgan fingerprint density at radius 1 is 1.19 bits per heavy atom. The molecule has 0 fully saturated rings. The number of imidazole rings is 1. The van der Waals surface area contributed by atoms with Gasteiger partial charge in [0.2, 0.25) is 0 Å². The zero-order valence-electron chi connectivity index (χ0n) is 15.2. The summed E-state index contributed by atoms with van der Waals surface area (Å²) in [5.74, 6) is 0.779. The molecule has 1 aromatic carbocycles. The highest BCUT2D eigenvalue weighted by Gasteiger charge is 2.24. The molecule has 1 atom stereocenters. The minimum atomic E-state index is -0.403. The first-order valence-electron chi connectivity index (χ1n) is 8.47. The highest BCUT2D eigenvalue weighted by molar-refractivity contribution is 6.01. The van der Waals surface area contributed by atoms with Gasteiger partial charge in [-0.1, -0.05) is 5.16 Å². The Morgan fingerprint density at radius 3 is 2.63 bits per heavy atom.